The zero-order valence-corrected chi connectivity index (χ0v) is 21.4. The van der Waals surface area contributed by atoms with Crippen molar-refractivity contribution >= 4 is 36.0 Å². The van der Waals surface area contributed by atoms with Gasteiger partial charge in [0.05, 0.1) is 6.61 Å². The second-order valence-electron chi connectivity index (χ2n) is 7.59. The average molecular weight is 570 g/mol. The lowest BCUT2D eigenvalue weighted by atomic mass is 10.1. The van der Waals surface area contributed by atoms with Gasteiger partial charge in [0.1, 0.15) is 18.2 Å². The van der Waals surface area contributed by atoms with E-state index in [2.05, 4.69) is 15.6 Å². The number of amides is 1. The zero-order chi connectivity index (χ0) is 22.8. The lowest BCUT2D eigenvalue weighted by Crippen LogP contribution is -2.49. The Morgan fingerprint density at radius 1 is 1.15 bits per heavy atom. The fourth-order valence-electron chi connectivity index (χ4n) is 3.49. The number of nitrogens with zero attached hydrogens (tertiary/aromatic N) is 2. The summed E-state index contributed by atoms with van der Waals surface area (Å²) in [6.07, 6.45) is 1.45. The molecule has 0 radical (unpaired) electrons. The number of halogens is 2. The molecular formula is C24H32FIN4O3. The van der Waals surface area contributed by atoms with Gasteiger partial charge in [-0.05, 0) is 55.2 Å². The van der Waals surface area contributed by atoms with Crippen LogP contribution in [0.15, 0.2) is 53.5 Å². The predicted octanol–water partition coefficient (Wildman–Crippen LogP) is 4.31. The number of likely N-dealkylation sites (tertiary alicyclic amines) is 1. The molecule has 2 N–H and O–H groups in total. The molecular weight excluding hydrogens is 538 g/mol. The molecule has 33 heavy (non-hydrogen) atoms. The molecule has 1 amide bonds. The summed E-state index contributed by atoms with van der Waals surface area (Å²) in [5, 5.41) is 6.75. The minimum absolute atomic E-state index is 0. The Labute approximate surface area is 211 Å². The molecule has 2 aromatic carbocycles. The van der Waals surface area contributed by atoms with Crippen LogP contribution in [0.25, 0.3) is 0 Å². The summed E-state index contributed by atoms with van der Waals surface area (Å²) < 4.78 is 24.0. The number of carbonyl (C=O) groups is 1. The number of hydrogen-bond acceptors (Lipinski definition) is 4. The van der Waals surface area contributed by atoms with Crippen LogP contribution in [0.5, 0.6) is 5.75 Å². The van der Waals surface area contributed by atoms with E-state index < -0.39 is 0 Å². The molecule has 3 rings (SSSR count). The topological polar surface area (TPSA) is 75.2 Å². The van der Waals surface area contributed by atoms with Gasteiger partial charge in [-0.1, -0.05) is 24.3 Å². The van der Waals surface area contributed by atoms with Crippen molar-refractivity contribution in [3.8, 4) is 5.75 Å². The lowest BCUT2D eigenvalue weighted by Gasteiger charge is -2.32. The summed E-state index contributed by atoms with van der Waals surface area (Å²) in [6, 6.07) is 14.4. The number of hydrogen-bond donors (Lipinski definition) is 2. The van der Waals surface area contributed by atoms with Crippen molar-refractivity contribution in [3.63, 3.8) is 0 Å². The van der Waals surface area contributed by atoms with Gasteiger partial charge in [-0.25, -0.2) is 9.18 Å². The number of guanidine groups is 1. The van der Waals surface area contributed by atoms with E-state index in [4.69, 9.17) is 9.47 Å². The molecule has 1 saturated heterocycles. The molecule has 0 atom stereocenters. The van der Waals surface area contributed by atoms with Gasteiger partial charge in [-0.3, -0.25) is 4.99 Å². The Balaban J connectivity index is 0.00000385. The first-order valence-electron chi connectivity index (χ1n) is 10.9. The third-order valence-electron chi connectivity index (χ3n) is 5.26. The maximum atomic E-state index is 13.3. The highest BCUT2D eigenvalue weighted by atomic mass is 127. The molecule has 0 aliphatic carbocycles. The van der Waals surface area contributed by atoms with E-state index in [0.29, 0.717) is 32.8 Å². The van der Waals surface area contributed by atoms with Crippen molar-refractivity contribution < 1.29 is 18.7 Å². The smallest absolute Gasteiger partial charge is 0.409 e. The summed E-state index contributed by atoms with van der Waals surface area (Å²) >= 11 is 0. The van der Waals surface area contributed by atoms with E-state index >= 15 is 0 Å². The van der Waals surface area contributed by atoms with Crippen molar-refractivity contribution in [3.05, 3.63) is 65.5 Å². The van der Waals surface area contributed by atoms with Gasteiger partial charge < -0.3 is 25.0 Å². The molecule has 0 bridgehead atoms. The van der Waals surface area contributed by atoms with E-state index in [-0.39, 0.29) is 41.9 Å². The molecule has 0 unspecified atom stereocenters. The number of benzene rings is 2. The Bertz CT molecular complexity index is 903. The highest BCUT2D eigenvalue weighted by molar-refractivity contribution is 14.0. The minimum atomic E-state index is -0.265. The molecule has 1 heterocycles. The number of piperidine rings is 1. The number of aliphatic imine (C=N–C) groups is 1. The molecule has 0 aromatic heterocycles. The number of rotatable bonds is 7. The van der Waals surface area contributed by atoms with Crippen molar-refractivity contribution in [1.82, 2.24) is 15.5 Å². The van der Waals surface area contributed by atoms with Crippen LogP contribution in [0, 0.1) is 5.82 Å². The van der Waals surface area contributed by atoms with E-state index in [1.54, 1.807) is 18.0 Å². The van der Waals surface area contributed by atoms with E-state index in [1.165, 1.54) is 12.1 Å². The first-order chi connectivity index (χ1) is 15.6. The van der Waals surface area contributed by atoms with Gasteiger partial charge in [0, 0.05) is 32.7 Å². The fraction of sp³-hybridized carbons (Fsp3) is 0.417. The largest absolute Gasteiger partial charge is 0.489 e. The number of ether oxygens (including phenoxy) is 2. The van der Waals surface area contributed by atoms with Gasteiger partial charge >= 0.3 is 6.09 Å². The molecule has 180 valence electrons. The summed E-state index contributed by atoms with van der Waals surface area (Å²) in [7, 11) is 1.74. The highest BCUT2D eigenvalue weighted by Crippen LogP contribution is 2.15. The Hall–Kier alpha value is -2.56. The van der Waals surface area contributed by atoms with Gasteiger partial charge in [0.2, 0.25) is 0 Å². The van der Waals surface area contributed by atoms with Crippen LogP contribution < -0.4 is 15.4 Å². The zero-order valence-electron chi connectivity index (χ0n) is 19.1. The highest BCUT2D eigenvalue weighted by Gasteiger charge is 2.24. The van der Waals surface area contributed by atoms with Gasteiger partial charge in [-0.2, -0.15) is 0 Å². The second-order valence-corrected chi connectivity index (χ2v) is 7.59. The third kappa shape index (κ3) is 8.71. The van der Waals surface area contributed by atoms with E-state index in [0.717, 1.165) is 35.7 Å². The van der Waals surface area contributed by atoms with Crippen molar-refractivity contribution in [1.29, 1.82) is 0 Å². The summed E-state index contributed by atoms with van der Waals surface area (Å²) in [5.74, 6) is 1.19. The maximum absolute atomic E-state index is 13.3. The molecule has 1 aliphatic heterocycles. The third-order valence-corrected chi connectivity index (χ3v) is 5.26. The molecule has 7 nitrogen and oxygen atoms in total. The van der Waals surface area contributed by atoms with Gasteiger partial charge in [0.25, 0.3) is 0 Å². The number of carbonyl (C=O) groups excluding carboxylic acids is 1. The molecule has 1 fully saturated rings. The quantitative estimate of drug-likeness (QED) is 0.295. The molecule has 1 aliphatic rings. The molecule has 9 heteroatoms. The van der Waals surface area contributed by atoms with Crippen LogP contribution in [0.3, 0.4) is 0 Å². The Kier molecular flexibility index (Phi) is 11.2. The van der Waals surface area contributed by atoms with Crippen LogP contribution in [0.1, 0.15) is 30.9 Å². The average Bonchev–Trinajstić information content (AvgIpc) is 2.81. The standard InChI is InChI=1S/C24H31FN4O3.HI/c1-3-31-24(30)29-13-11-21(12-14-29)28-23(26-2)27-16-18-7-9-22(10-8-18)32-17-19-5-4-6-20(25)15-19;/h4-10,15,21H,3,11-14,16-17H2,1-2H3,(H2,26,27,28);1H. The summed E-state index contributed by atoms with van der Waals surface area (Å²) in [6.45, 7) is 4.49. The fourth-order valence-corrected chi connectivity index (χ4v) is 3.49. The Morgan fingerprint density at radius 2 is 1.88 bits per heavy atom. The maximum Gasteiger partial charge on any atom is 0.409 e. The minimum Gasteiger partial charge on any atom is -0.489 e. The van der Waals surface area contributed by atoms with Crippen LogP contribution >= 0.6 is 24.0 Å². The summed E-state index contributed by atoms with van der Waals surface area (Å²) in [4.78, 5) is 17.9. The van der Waals surface area contributed by atoms with E-state index in [1.807, 2.05) is 37.3 Å². The van der Waals surface area contributed by atoms with Crippen molar-refractivity contribution in [2.45, 2.75) is 39.0 Å². The van der Waals surface area contributed by atoms with Gasteiger partial charge in [-0.15, -0.1) is 24.0 Å². The first kappa shape index (κ1) is 26.7. The second kappa shape index (κ2) is 13.9. The van der Waals surface area contributed by atoms with Crippen molar-refractivity contribution in [2.24, 2.45) is 4.99 Å². The SMILES string of the molecule is CCOC(=O)N1CCC(NC(=NC)NCc2ccc(OCc3cccc(F)c3)cc2)CC1.I. The lowest BCUT2D eigenvalue weighted by molar-refractivity contribution is 0.0963. The Morgan fingerprint density at radius 3 is 2.52 bits per heavy atom. The van der Waals surface area contributed by atoms with Crippen LogP contribution in [0.2, 0.25) is 0 Å². The number of nitrogens with one attached hydrogen (secondary N) is 2. The molecule has 0 saturated carbocycles. The van der Waals surface area contributed by atoms with E-state index in [9.17, 15) is 9.18 Å². The molecule has 2 aromatic rings. The monoisotopic (exact) mass is 570 g/mol. The predicted molar refractivity (Wildman–Crippen MR) is 138 cm³/mol. The van der Waals surface area contributed by atoms with Crippen LogP contribution in [-0.2, 0) is 17.9 Å². The van der Waals surface area contributed by atoms with Gasteiger partial charge in [0.15, 0.2) is 5.96 Å². The summed E-state index contributed by atoms with van der Waals surface area (Å²) in [5.41, 5.74) is 1.88. The normalized spacial score (nSPS) is 14.3. The molecule has 0 spiro atoms. The van der Waals surface area contributed by atoms with Crippen LogP contribution in [0.4, 0.5) is 9.18 Å². The first-order valence-corrected chi connectivity index (χ1v) is 10.9. The van der Waals surface area contributed by atoms with Crippen LogP contribution in [-0.4, -0.2) is 49.7 Å². The van der Waals surface area contributed by atoms with Crippen molar-refractivity contribution in [2.75, 3.05) is 26.7 Å².